The van der Waals surface area contributed by atoms with Crippen LogP contribution in [0.3, 0.4) is 0 Å². The molecule has 0 atom stereocenters. The van der Waals surface area contributed by atoms with Gasteiger partial charge in [-0.1, -0.05) is 0 Å². The molecule has 0 saturated heterocycles. The molecule has 6 heteroatoms. The standard InChI is InChI=1S/C6H14O.C4H10O3.C2H4O2/c1-5(2)7-6(3)4;5-1-3-7-4-2-6;1-2(3)4/h5-6H,1-4H3;5-6H,1-4H2;1H3,(H,3,4). The molecule has 0 heterocycles. The Morgan fingerprint density at radius 1 is 1.00 bits per heavy atom. The van der Waals surface area contributed by atoms with E-state index in [1.54, 1.807) is 0 Å². The topological polar surface area (TPSA) is 96.2 Å². The van der Waals surface area contributed by atoms with Crippen LogP contribution in [-0.4, -0.2) is 59.9 Å². The van der Waals surface area contributed by atoms with Crippen molar-refractivity contribution in [1.29, 1.82) is 0 Å². The molecule has 0 spiro atoms. The normalized spacial score (nSPS) is 9.39. The second-order valence-electron chi connectivity index (χ2n) is 3.81. The van der Waals surface area contributed by atoms with Crippen LogP contribution in [0.25, 0.3) is 0 Å². The molecular weight excluding hydrogens is 240 g/mol. The summed E-state index contributed by atoms with van der Waals surface area (Å²) >= 11 is 0. The number of hydrogen-bond donors (Lipinski definition) is 3. The van der Waals surface area contributed by atoms with E-state index in [9.17, 15) is 0 Å². The molecule has 0 rings (SSSR count). The van der Waals surface area contributed by atoms with Crippen molar-refractivity contribution in [3.63, 3.8) is 0 Å². The minimum atomic E-state index is -0.833. The van der Waals surface area contributed by atoms with Crippen LogP contribution in [0, 0.1) is 0 Å². The van der Waals surface area contributed by atoms with Gasteiger partial charge in [-0.2, -0.15) is 0 Å². The lowest BCUT2D eigenvalue weighted by Gasteiger charge is -2.09. The van der Waals surface area contributed by atoms with Crippen molar-refractivity contribution in [2.75, 3.05) is 26.4 Å². The lowest BCUT2D eigenvalue weighted by atomic mass is 10.4. The van der Waals surface area contributed by atoms with Crippen LogP contribution in [-0.2, 0) is 14.3 Å². The molecule has 0 aromatic rings. The molecule has 0 aliphatic heterocycles. The van der Waals surface area contributed by atoms with Gasteiger partial charge in [0.15, 0.2) is 0 Å². The number of rotatable bonds is 6. The monoisotopic (exact) mass is 268 g/mol. The molecule has 0 aliphatic carbocycles. The second kappa shape index (κ2) is 18.7. The molecule has 0 bridgehead atoms. The predicted octanol–water partition coefficient (Wildman–Crippen LogP) is 0.898. The van der Waals surface area contributed by atoms with Crippen molar-refractivity contribution in [2.24, 2.45) is 0 Å². The number of hydrogen-bond acceptors (Lipinski definition) is 5. The van der Waals surface area contributed by atoms with Crippen LogP contribution in [0.15, 0.2) is 0 Å². The molecule has 0 aliphatic rings. The fourth-order valence-electron chi connectivity index (χ4n) is 0.775. The molecule has 0 fully saturated rings. The average molecular weight is 268 g/mol. The first-order chi connectivity index (χ1) is 8.27. The maximum atomic E-state index is 9.00. The molecule has 0 aromatic heterocycles. The van der Waals surface area contributed by atoms with Crippen LogP contribution in [0.2, 0.25) is 0 Å². The Morgan fingerprint density at radius 2 is 1.28 bits per heavy atom. The zero-order chi connectivity index (χ0) is 15.0. The molecule has 3 N–H and O–H groups in total. The van der Waals surface area contributed by atoms with Gasteiger partial charge in [0.25, 0.3) is 5.97 Å². The molecule has 0 amide bonds. The average Bonchev–Trinajstić information content (AvgIpc) is 2.16. The highest BCUT2D eigenvalue weighted by atomic mass is 16.5. The largest absolute Gasteiger partial charge is 0.481 e. The molecule has 0 saturated carbocycles. The smallest absolute Gasteiger partial charge is 0.300 e. The lowest BCUT2D eigenvalue weighted by molar-refractivity contribution is -0.134. The molecule has 0 aromatic carbocycles. The minimum absolute atomic E-state index is 0.0278. The van der Waals surface area contributed by atoms with E-state index >= 15 is 0 Å². The van der Waals surface area contributed by atoms with E-state index in [0.717, 1.165) is 6.92 Å². The van der Waals surface area contributed by atoms with Gasteiger partial charge in [-0.05, 0) is 27.7 Å². The van der Waals surface area contributed by atoms with Crippen LogP contribution >= 0.6 is 0 Å². The third-order valence-electron chi connectivity index (χ3n) is 1.02. The fraction of sp³-hybridized carbons (Fsp3) is 0.917. The Balaban J connectivity index is -0.000000196. The van der Waals surface area contributed by atoms with Gasteiger partial charge in [-0.3, -0.25) is 4.79 Å². The van der Waals surface area contributed by atoms with Gasteiger partial charge in [-0.15, -0.1) is 0 Å². The summed E-state index contributed by atoms with van der Waals surface area (Å²) in [6, 6.07) is 0. The molecule has 0 unspecified atom stereocenters. The van der Waals surface area contributed by atoms with E-state index in [1.807, 2.05) is 27.7 Å². The van der Waals surface area contributed by atoms with Crippen molar-refractivity contribution in [3.8, 4) is 0 Å². The summed E-state index contributed by atoms with van der Waals surface area (Å²) in [4.78, 5) is 9.00. The second-order valence-corrected chi connectivity index (χ2v) is 3.81. The fourth-order valence-corrected chi connectivity index (χ4v) is 0.775. The van der Waals surface area contributed by atoms with Crippen molar-refractivity contribution >= 4 is 5.97 Å². The van der Waals surface area contributed by atoms with Gasteiger partial charge in [-0.25, -0.2) is 0 Å². The Kier molecular flexibility index (Phi) is 23.3. The molecular formula is C12H28O6. The quantitative estimate of drug-likeness (QED) is 0.619. The summed E-state index contributed by atoms with van der Waals surface area (Å²) in [5.74, 6) is -0.833. The number of aliphatic carboxylic acids is 1. The molecule has 6 nitrogen and oxygen atoms in total. The third kappa shape index (κ3) is 58.7. The minimum Gasteiger partial charge on any atom is -0.481 e. The SMILES string of the molecule is CC(=O)O.CC(C)OC(C)C.OCCOCCO. The highest BCUT2D eigenvalue weighted by Gasteiger charge is 1.94. The molecule has 112 valence electrons. The number of carbonyl (C=O) groups is 1. The van der Waals surface area contributed by atoms with E-state index in [-0.39, 0.29) is 13.2 Å². The van der Waals surface area contributed by atoms with Crippen molar-refractivity contribution in [1.82, 2.24) is 0 Å². The van der Waals surface area contributed by atoms with E-state index in [4.69, 9.17) is 24.9 Å². The summed E-state index contributed by atoms with van der Waals surface area (Å²) in [6.45, 7) is 9.95. The third-order valence-corrected chi connectivity index (χ3v) is 1.02. The summed E-state index contributed by atoms with van der Waals surface area (Å²) < 4.78 is 9.88. The Bertz CT molecular complexity index is 145. The van der Waals surface area contributed by atoms with Gasteiger partial charge in [0.1, 0.15) is 0 Å². The summed E-state index contributed by atoms with van der Waals surface area (Å²) in [6.07, 6.45) is 0.750. The van der Waals surface area contributed by atoms with Gasteiger partial charge in [0, 0.05) is 6.92 Å². The Morgan fingerprint density at radius 3 is 1.39 bits per heavy atom. The number of carboxylic acid groups (broad SMARTS) is 1. The van der Waals surface area contributed by atoms with Gasteiger partial charge in [0.05, 0.1) is 38.6 Å². The Labute approximate surface area is 110 Å². The van der Waals surface area contributed by atoms with Crippen molar-refractivity contribution in [3.05, 3.63) is 0 Å². The summed E-state index contributed by atoms with van der Waals surface area (Å²) in [5, 5.41) is 23.6. The predicted molar refractivity (Wildman–Crippen MR) is 69.7 cm³/mol. The summed E-state index contributed by atoms with van der Waals surface area (Å²) in [7, 11) is 0. The number of aliphatic hydroxyl groups is 2. The maximum Gasteiger partial charge on any atom is 0.300 e. The number of ether oxygens (including phenoxy) is 2. The zero-order valence-electron chi connectivity index (χ0n) is 12.0. The van der Waals surface area contributed by atoms with E-state index in [2.05, 4.69) is 4.74 Å². The number of aliphatic hydroxyl groups excluding tert-OH is 2. The van der Waals surface area contributed by atoms with Crippen LogP contribution in [0.4, 0.5) is 0 Å². The highest BCUT2D eigenvalue weighted by Crippen LogP contribution is 1.93. The van der Waals surface area contributed by atoms with E-state index in [0.29, 0.717) is 25.4 Å². The van der Waals surface area contributed by atoms with Crippen LogP contribution in [0.5, 0.6) is 0 Å². The number of carboxylic acids is 1. The first kappa shape index (κ1) is 22.5. The highest BCUT2D eigenvalue weighted by molar-refractivity contribution is 5.62. The lowest BCUT2D eigenvalue weighted by Crippen LogP contribution is -2.09. The van der Waals surface area contributed by atoms with Gasteiger partial charge >= 0.3 is 0 Å². The van der Waals surface area contributed by atoms with Gasteiger partial charge in [0.2, 0.25) is 0 Å². The van der Waals surface area contributed by atoms with E-state index < -0.39 is 5.97 Å². The van der Waals surface area contributed by atoms with E-state index in [1.165, 1.54) is 0 Å². The zero-order valence-corrected chi connectivity index (χ0v) is 12.0. The maximum absolute atomic E-state index is 9.00. The Hall–Kier alpha value is -0.690. The van der Waals surface area contributed by atoms with Crippen molar-refractivity contribution < 1.29 is 29.6 Å². The van der Waals surface area contributed by atoms with Crippen LogP contribution < -0.4 is 0 Å². The molecule has 0 radical (unpaired) electrons. The van der Waals surface area contributed by atoms with Crippen LogP contribution in [0.1, 0.15) is 34.6 Å². The van der Waals surface area contributed by atoms with Gasteiger partial charge < -0.3 is 24.8 Å². The first-order valence-corrected chi connectivity index (χ1v) is 5.92. The molecule has 18 heavy (non-hydrogen) atoms. The summed E-state index contributed by atoms with van der Waals surface area (Å²) in [5.41, 5.74) is 0. The first-order valence-electron chi connectivity index (χ1n) is 5.92. The van der Waals surface area contributed by atoms with Crippen molar-refractivity contribution in [2.45, 2.75) is 46.8 Å².